The minimum absolute atomic E-state index is 0.764. The molecule has 0 saturated carbocycles. The quantitative estimate of drug-likeness (QED) is 0.723. The van der Waals surface area contributed by atoms with Crippen LogP contribution in [-0.2, 0) is 0 Å². The van der Waals surface area contributed by atoms with Gasteiger partial charge in [0.15, 0.2) is 5.82 Å². The second kappa shape index (κ2) is 5.41. The molecule has 0 fully saturated rings. The molecule has 0 N–H and O–H groups in total. The van der Waals surface area contributed by atoms with Gasteiger partial charge in [0.05, 0.1) is 12.2 Å². The Morgan fingerprint density at radius 2 is 1.72 bits per heavy atom. The maximum atomic E-state index is 4.88. The van der Waals surface area contributed by atoms with Gasteiger partial charge in [0.2, 0.25) is 5.96 Å². The Morgan fingerprint density at radius 1 is 0.920 bits per heavy atom. The van der Waals surface area contributed by atoms with Gasteiger partial charge in [-0.05, 0) is 6.92 Å². The lowest BCUT2D eigenvalue weighted by Crippen LogP contribution is -2.41. The molecule has 1 aromatic heterocycles. The summed E-state index contributed by atoms with van der Waals surface area (Å²) in [6.45, 7) is 3.69. The van der Waals surface area contributed by atoms with Crippen molar-refractivity contribution < 1.29 is 0 Å². The normalized spacial score (nSPS) is 15.5. The molecule has 0 amide bonds. The average molecular weight is 327 g/mol. The highest BCUT2D eigenvalue weighted by atomic mass is 15.5. The molecule has 5 rings (SSSR count). The Balaban J connectivity index is 1.65. The minimum atomic E-state index is 0.764. The van der Waals surface area contributed by atoms with Crippen molar-refractivity contribution in [2.24, 2.45) is 9.98 Å². The van der Waals surface area contributed by atoms with Crippen molar-refractivity contribution in [3.05, 3.63) is 71.8 Å². The molecule has 0 unspecified atom stereocenters. The van der Waals surface area contributed by atoms with Gasteiger partial charge in [0, 0.05) is 23.7 Å². The second-order valence-electron chi connectivity index (χ2n) is 6.30. The van der Waals surface area contributed by atoms with Crippen LogP contribution < -0.4 is 0 Å². The van der Waals surface area contributed by atoms with Gasteiger partial charge >= 0.3 is 0 Å². The summed E-state index contributed by atoms with van der Waals surface area (Å²) in [7, 11) is 0. The van der Waals surface area contributed by atoms with Gasteiger partial charge < -0.3 is 0 Å². The van der Waals surface area contributed by atoms with Crippen LogP contribution in [0.15, 0.2) is 70.6 Å². The number of aliphatic imine (C=N–C) groups is 2. The molecule has 3 aromatic rings. The van der Waals surface area contributed by atoms with E-state index in [9.17, 15) is 0 Å². The fraction of sp³-hybridized carbons (Fsp3) is 0.150. The monoisotopic (exact) mass is 327 g/mol. The maximum absolute atomic E-state index is 4.88. The molecule has 0 aliphatic carbocycles. The summed E-state index contributed by atoms with van der Waals surface area (Å²) < 4.78 is 1.86. The molecule has 0 radical (unpaired) electrons. The molecular weight excluding hydrogens is 310 g/mol. The molecule has 25 heavy (non-hydrogen) atoms. The van der Waals surface area contributed by atoms with Crippen LogP contribution in [0.2, 0.25) is 0 Å². The third kappa shape index (κ3) is 2.28. The Bertz CT molecular complexity index is 996. The Kier molecular flexibility index (Phi) is 3.06. The second-order valence-corrected chi connectivity index (χ2v) is 6.30. The van der Waals surface area contributed by atoms with E-state index in [2.05, 4.69) is 53.2 Å². The van der Waals surface area contributed by atoms with Crippen molar-refractivity contribution in [3.8, 4) is 11.3 Å². The predicted octanol–water partition coefficient (Wildman–Crippen LogP) is 3.47. The number of nitrogens with zero attached hydrogens (tertiary/aromatic N) is 5. The van der Waals surface area contributed by atoms with E-state index in [1.54, 1.807) is 0 Å². The first-order chi connectivity index (χ1) is 12.3. The molecule has 5 heteroatoms. The van der Waals surface area contributed by atoms with E-state index in [-0.39, 0.29) is 0 Å². The van der Waals surface area contributed by atoms with E-state index in [0.717, 1.165) is 47.5 Å². The van der Waals surface area contributed by atoms with E-state index >= 15 is 0 Å². The standard InChI is InChI=1S/C20H17N5/c1-14-7-9-15(10-8-14)17-13-18-22-19(16-5-3-2-4-6-16)24-12-11-21-20(24)25(18)23-17/h2-10,13H,11-12H2,1H3. The van der Waals surface area contributed by atoms with Crippen molar-refractivity contribution >= 4 is 17.6 Å². The molecule has 0 saturated heterocycles. The lowest BCUT2D eigenvalue weighted by Gasteiger charge is -2.26. The third-order valence-corrected chi connectivity index (χ3v) is 4.55. The molecular formula is C20H17N5. The van der Waals surface area contributed by atoms with E-state index in [0.29, 0.717) is 0 Å². The Hall–Kier alpha value is -3.21. The lowest BCUT2D eigenvalue weighted by atomic mass is 10.1. The smallest absolute Gasteiger partial charge is 0.229 e. The van der Waals surface area contributed by atoms with Crippen LogP contribution in [0.25, 0.3) is 11.3 Å². The molecule has 0 bridgehead atoms. The summed E-state index contributed by atoms with van der Waals surface area (Å²) in [4.78, 5) is 11.7. The van der Waals surface area contributed by atoms with Gasteiger partial charge in [0.1, 0.15) is 5.84 Å². The van der Waals surface area contributed by atoms with Crippen molar-refractivity contribution in [1.82, 2.24) is 14.7 Å². The molecule has 0 spiro atoms. The molecule has 2 aliphatic heterocycles. The lowest BCUT2D eigenvalue weighted by molar-refractivity contribution is 0.623. The highest BCUT2D eigenvalue weighted by Crippen LogP contribution is 2.29. The van der Waals surface area contributed by atoms with Gasteiger partial charge in [-0.15, -0.1) is 0 Å². The first kappa shape index (κ1) is 14.2. The van der Waals surface area contributed by atoms with Crippen LogP contribution in [0.3, 0.4) is 0 Å². The topological polar surface area (TPSA) is 45.8 Å². The van der Waals surface area contributed by atoms with E-state index in [1.165, 1.54) is 5.56 Å². The van der Waals surface area contributed by atoms with Crippen molar-refractivity contribution in [2.75, 3.05) is 13.1 Å². The highest BCUT2D eigenvalue weighted by Gasteiger charge is 2.31. The van der Waals surface area contributed by atoms with E-state index in [1.807, 2.05) is 28.9 Å². The fourth-order valence-corrected chi connectivity index (χ4v) is 3.26. The molecule has 122 valence electrons. The predicted molar refractivity (Wildman–Crippen MR) is 99.4 cm³/mol. The SMILES string of the molecule is Cc1ccc(-c2cc3n(n2)C2=NCCN2C(c2ccccc2)=N3)cc1. The molecule has 2 aromatic carbocycles. The Labute approximate surface area is 146 Å². The molecule has 0 atom stereocenters. The highest BCUT2D eigenvalue weighted by molar-refractivity contribution is 6.13. The Morgan fingerprint density at radius 3 is 2.52 bits per heavy atom. The van der Waals surface area contributed by atoms with Crippen molar-refractivity contribution in [3.63, 3.8) is 0 Å². The molecule has 3 heterocycles. The largest absolute Gasteiger partial charge is 0.293 e. The summed E-state index contributed by atoms with van der Waals surface area (Å²) >= 11 is 0. The summed E-state index contributed by atoms with van der Waals surface area (Å²) in [6.07, 6.45) is 0. The van der Waals surface area contributed by atoms with Crippen LogP contribution in [0.1, 0.15) is 11.1 Å². The number of amidine groups is 1. The zero-order valence-electron chi connectivity index (χ0n) is 13.9. The number of aromatic nitrogens is 2. The average Bonchev–Trinajstić information content (AvgIpc) is 3.29. The van der Waals surface area contributed by atoms with Gasteiger partial charge in [-0.3, -0.25) is 4.90 Å². The molecule has 2 aliphatic rings. The zero-order valence-corrected chi connectivity index (χ0v) is 13.9. The van der Waals surface area contributed by atoms with Crippen molar-refractivity contribution in [2.45, 2.75) is 6.92 Å². The van der Waals surface area contributed by atoms with Crippen LogP contribution in [0.4, 0.5) is 5.82 Å². The number of aryl methyl sites for hydroxylation is 1. The van der Waals surface area contributed by atoms with Gasteiger partial charge in [-0.1, -0.05) is 60.2 Å². The van der Waals surface area contributed by atoms with E-state index < -0.39 is 0 Å². The third-order valence-electron chi connectivity index (χ3n) is 4.55. The number of benzene rings is 2. The minimum Gasteiger partial charge on any atom is -0.293 e. The van der Waals surface area contributed by atoms with E-state index in [4.69, 9.17) is 10.1 Å². The summed E-state index contributed by atoms with van der Waals surface area (Å²) in [5, 5.41) is 4.76. The summed E-state index contributed by atoms with van der Waals surface area (Å²) in [6, 6.07) is 20.7. The maximum Gasteiger partial charge on any atom is 0.229 e. The number of fused-ring (bicyclic) bond motifs is 3. The number of rotatable bonds is 2. The zero-order chi connectivity index (χ0) is 16.8. The van der Waals surface area contributed by atoms with Crippen LogP contribution in [0.5, 0.6) is 0 Å². The fourth-order valence-electron chi connectivity index (χ4n) is 3.26. The summed E-state index contributed by atoms with van der Waals surface area (Å²) in [5.41, 5.74) is 4.35. The van der Waals surface area contributed by atoms with Crippen LogP contribution in [-0.4, -0.2) is 39.6 Å². The van der Waals surface area contributed by atoms with Gasteiger partial charge in [0.25, 0.3) is 0 Å². The number of hydrogen-bond donors (Lipinski definition) is 0. The molecule has 5 nitrogen and oxygen atoms in total. The first-order valence-electron chi connectivity index (χ1n) is 8.43. The summed E-state index contributed by atoms with van der Waals surface area (Å²) in [5.74, 6) is 2.63. The van der Waals surface area contributed by atoms with Gasteiger partial charge in [-0.25, -0.2) is 9.98 Å². The van der Waals surface area contributed by atoms with Crippen molar-refractivity contribution in [1.29, 1.82) is 0 Å². The first-order valence-corrected chi connectivity index (χ1v) is 8.43. The van der Waals surface area contributed by atoms with Crippen LogP contribution >= 0.6 is 0 Å². The van der Waals surface area contributed by atoms with Gasteiger partial charge in [-0.2, -0.15) is 9.78 Å². The number of hydrogen-bond acceptors (Lipinski definition) is 4. The van der Waals surface area contributed by atoms with Crippen LogP contribution in [0, 0.1) is 6.92 Å².